The van der Waals surface area contributed by atoms with Crippen molar-refractivity contribution in [3.63, 3.8) is 0 Å². The normalized spacial score (nSPS) is 27.9. The fraction of sp³-hybridized carbons (Fsp3) is 0.750. The highest BCUT2D eigenvalue weighted by Crippen LogP contribution is 2.25. The molecule has 1 unspecified atom stereocenters. The van der Waals surface area contributed by atoms with Crippen LogP contribution in [0.4, 0.5) is 4.79 Å². The summed E-state index contributed by atoms with van der Waals surface area (Å²) in [6, 6.07) is -0.461. The third kappa shape index (κ3) is 1.95. The van der Waals surface area contributed by atoms with E-state index in [1.54, 1.807) is 11.8 Å². The van der Waals surface area contributed by atoms with Gasteiger partial charge in [-0.3, -0.25) is 14.9 Å². The molecule has 0 aromatic heterocycles. The quantitative estimate of drug-likeness (QED) is 0.737. The number of rotatable bonds is 3. The zero-order chi connectivity index (χ0) is 13.3. The van der Waals surface area contributed by atoms with Crippen molar-refractivity contribution in [3.05, 3.63) is 0 Å². The summed E-state index contributed by atoms with van der Waals surface area (Å²) in [7, 11) is 0. The van der Waals surface area contributed by atoms with E-state index in [4.69, 9.17) is 0 Å². The summed E-state index contributed by atoms with van der Waals surface area (Å²) in [5, 5.41) is 2.28. The van der Waals surface area contributed by atoms with Gasteiger partial charge < -0.3 is 9.80 Å². The third-order valence-corrected chi connectivity index (χ3v) is 3.99. The largest absolute Gasteiger partial charge is 0.341 e. The Hall–Kier alpha value is -1.59. The molecule has 1 atom stereocenters. The van der Waals surface area contributed by atoms with Gasteiger partial charge in [0, 0.05) is 13.1 Å². The van der Waals surface area contributed by atoms with Crippen LogP contribution in [0, 0.1) is 0 Å². The number of likely N-dealkylation sites (tertiary alicyclic amines) is 1. The molecule has 2 fully saturated rings. The Morgan fingerprint density at radius 1 is 1.33 bits per heavy atom. The van der Waals surface area contributed by atoms with Gasteiger partial charge in [-0.15, -0.1) is 0 Å². The van der Waals surface area contributed by atoms with Gasteiger partial charge in [0.05, 0.1) is 0 Å². The van der Waals surface area contributed by atoms with Crippen molar-refractivity contribution in [2.24, 2.45) is 0 Å². The van der Waals surface area contributed by atoms with E-state index in [1.807, 2.05) is 6.92 Å². The first kappa shape index (κ1) is 12.9. The molecule has 0 aromatic carbocycles. The summed E-state index contributed by atoms with van der Waals surface area (Å²) in [6.45, 7) is 5.04. The highest BCUT2D eigenvalue weighted by atomic mass is 16.2. The monoisotopic (exact) mass is 253 g/mol. The molecule has 4 amide bonds. The molecule has 1 N–H and O–H groups in total. The molecule has 2 aliphatic heterocycles. The average Bonchev–Trinajstić information content (AvgIpc) is 2.93. The topological polar surface area (TPSA) is 69.7 Å². The molecular weight excluding hydrogens is 234 g/mol. The van der Waals surface area contributed by atoms with Crippen LogP contribution >= 0.6 is 0 Å². The number of carbonyl (C=O) groups is 3. The van der Waals surface area contributed by atoms with Gasteiger partial charge in [0.25, 0.3) is 5.91 Å². The molecule has 0 spiro atoms. The highest BCUT2D eigenvalue weighted by Gasteiger charge is 2.48. The maximum Gasteiger partial charge on any atom is 0.325 e. The van der Waals surface area contributed by atoms with E-state index in [-0.39, 0.29) is 18.4 Å². The lowest BCUT2D eigenvalue weighted by Gasteiger charge is -2.31. The van der Waals surface area contributed by atoms with E-state index in [0.29, 0.717) is 6.42 Å². The first-order valence-corrected chi connectivity index (χ1v) is 6.40. The predicted molar refractivity (Wildman–Crippen MR) is 64.8 cm³/mol. The van der Waals surface area contributed by atoms with Crippen molar-refractivity contribution in [2.75, 3.05) is 19.6 Å². The molecule has 6 nitrogen and oxygen atoms in total. The van der Waals surface area contributed by atoms with Gasteiger partial charge in [0.2, 0.25) is 5.91 Å². The Bertz CT molecular complexity index is 390. The fourth-order valence-corrected chi connectivity index (χ4v) is 2.45. The summed E-state index contributed by atoms with van der Waals surface area (Å²) >= 11 is 0. The zero-order valence-corrected chi connectivity index (χ0v) is 10.9. The molecule has 0 bridgehead atoms. The molecule has 100 valence electrons. The van der Waals surface area contributed by atoms with Crippen LogP contribution in [0.25, 0.3) is 0 Å². The molecule has 18 heavy (non-hydrogen) atoms. The van der Waals surface area contributed by atoms with E-state index in [0.717, 1.165) is 25.9 Å². The summed E-state index contributed by atoms with van der Waals surface area (Å²) in [5.41, 5.74) is -0.896. The van der Waals surface area contributed by atoms with Gasteiger partial charge in [-0.05, 0) is 26.2 Å². The Balaban J connectivity index is 2.09. The Morgan fingerprint density at radius 2 is 1.94 bits per heavy atom. The van der Waals surface area contributed by atoms with E-state index in [2.05, 4.69) is 5.32 Å². The molecule has 2 aliphatic rings. The van der Waals surface area contributed by atoms with Gasteiger partial charge in [0.15, 0.2) is 0 Å². The standard InChI is InChI=1S/C12H19N3O3/c1-3-12(2)10(17)13-11(18)15(12)8-9(16)14-6-4-5-7-14/h3-8H2,1-2H3,(H,13,17,18). The number of nitrogens with one attached hydrogen (secondary N) is 1. The lowest BCUT2D eigenvalue weighted by molar-refractivity contribution is -0.133. The van der Waals surface area contributed by atoms with Gasteiger partial charge in [-0.2, -0.15) is 0 Å². The van der Waals surface area contributed by atoms with Crippen LogP contribution in [-0.4, -0.2) is 52.8 Å². The molecule has 2 rings (SSSR count). The van der Waals surface area contributed by atoms with Crippen LogP contribution in [0.5, 0.6) is 0 Å². The lowest BCUT2D eigenvalue weighted by atomic mass is 9.97. The summed E-state index contributed by atoms with van der Waals surface area (Å²) in [6.07, 6.45) is 2.53. The number of amides is 4. The number of nitrogens with zero attached hydrogens (tertiary/aromatic N) is 2. The van der Waals surface area contributed by atoms with Crippen molar-refractivity contribution >= 4 is 17.8 Å². The maximum absolute atomic E-state index is 12.1. The molecule has 0 saturated carbocycles. The molecule has 6 heteroatoms. The fourth-order valence-electron chi connectivity index (χ4n) is 2.45. The highest BCUT2D eigenvalue weighted by molar-refractivity contribution is 6.07. The number of hydrogen-bond acceptors (Lipinski definition) is 3. The second-order valence-electron chi connectivity index (χ2n) is 5.06. The minimum atomic E-state index is -0.896. The van der Waals surface area contributed by atoms with Gasteiger partial charge in [-0.25, -0.2) is 4.79 Å². The van der Waals surface area contributed by atoms with Crippen LogP contribution in [0.15, 0.2) is 0 Å². The molecule has 0 aromatic rings. The minimum absolute atomic E-state index is 0.0120. The zero-order valence-electron chi connectivity index (χ0n) is 10.9. The Kier molecular flexibility index (Phi) is 3.28. The number of imide groups is 1. The minimum Gasteiger partial charge on any atom is -0.341 e. The van der Waals surface area contributed by atoms with E-state index in [9.17, 15) is 14.4 Å². The van der Waals surface area contributed by atoms with E-state index >= 15 is 0 Å². The van der Waals surface area contributed by atoms with Crippen molar-refractivity contribution in [1.82, 2.24) is 15.1 Å². The van der Waals surface area contributed by atoms with Crippen molar-refractivity contribution in [1.29, 1.82) is 0 Å². The van der Waals surface area contributed by atoms with Gasteiger partial charge in [0.1, 0.15) is 12.1 Å². The molecule has 0 radical (unpaired) electrons. The van der Waals surface area contributed by atoms with Crippen molar-refractivity contribution < 1.29 is 14.4 Å². The number of urea groups is 1. The smallest absolute Gasteiger partial charge is 0.325 e. The lowest BCUT2D eigenvalue weighted by Crippen LogP contribution is -2.50. The van der Waals surface area contributed by atoms with Crippen molar-refractivity contribution in [3.8, 4) is 0 Å². The first-order chi connectivity index (χ1) is 8.49. The second-order valence-corrected chi connectivity index (χ2v) is 5.06. The van der Waals surface area contributed by atoms with Gasteiger partial charge in [-0.1, -0.05) is 6.92 Å². The Labute approximate surface area is 106 Å². The summed E-state index contributed by atoms with van der Waals surface area (Å²) in [4.78, 5) is 38.6. The SMILES string of the molecule is CCC1(C)C(=O)NC(=O)N1CC(=O)N1CCCC1. The average molecular weight is 253 g/mol. The third-order valence-electron chi connectivity index (χ3n) is 3.99. The van der Waals surface area contributed by atoms with Crippen LogP contribution in [0.2, 0.25) is 0 Å². The summed E-state index contributed by atoms with van der Waals surface area (Å²) in [5.74, 6) is -0.388. The molecule has 0 aliphatic carbocycles. The summed E-state index contributed by atoms with van der Waals surface area (Å²) < 4.78 is 0. The van der Waals surface area contributed by atoms with Crippen LogP contribution in [-0.2, 0) is 9.59 Å². The first-order valence-electron chi connectivity index (χ1n) is 6.40. The van der Waals surface area contributed by atoms with Crippen LogP contribution < -0.4 is 5.32 Å². The number of carbonyl (C=O) groups excluding carboxylic acids is 3. The Morgan fingerprint density at radius 3 is 2.50 bits per heavy atom. The van der Waals surface area contributed by atoms with Gasteiger partial charge >= 0.3 is 6.03 Å². The molecule has 2 heterocycles. The van der Waals surface area contributed by atoms with E-state index < -0.39 is 11.6 Å². The maximum atomic E-state index is 12.1. The molecule has 2 saturated heterocycles. The molecular formula is C12H19N3O3. The van der Waals surface area contributed by atoms with Crippen LogP contribution in [0.3, 0.4) is 0 Å². The predicted octanol–water partition coefficient (Wildman–Crippen LogP) is 0.329. The number of hydrogen-bond donors (Lipinski definition) is 1. The van der Waals surface area contributed by atoms with Crippen LogP contribution in [0.1, 0.15) is 33.1 Å². The van der Waals surface area contributed by atoms with Crippen molar-refractivity contribution in [2.45, 2.75) is 38.6 Å². The van der Waals surface area contributed by atoms with E-state index in [1.165, 1.54) is 4.90 Å². The second kappa shape index (κ2) is 4.59.